The van der Waals surface area contributed by atoms with Crippen LogP contribution < -0.4 is 9.46 Å². The molecule has 0 fully saturated rings. The third-order valence-corrected chi connectivity index (χ3v) is 6.33. The Morgan fingerprint density at radius 1 is 1.36 bits per heavy atom. The van der Waals surface area contributed by atoms with Gasteiger partial charge >= 0.3 is 0 Å². The highest BCUT2D eigenvalue weighted by Gasteiger charge is 2.22. The number of nitrogens with one attached hydrogen (secondary N) is 1. The van der Waals surface area contributed by atoms with Gasteiger partial charge in [0.1, 0.15) is 5.75 Å². The van der Waals surface area contributed by atoms with Gasteiger partial charge in [0.15, 0.2) is 0 Å². The Bertz CT molecular complexity index is 917. The lowest BCUT2D eigenvalue weighted by atomic mass is 10.1. The monoisotopic (exact) mass is 375 g/mol. The molecule has 0 amide bonds. The Labute approximate surface area is 150 Å². The normalized spacial score (nSPS) is 14.9. The highest BCUT2D eigenvalue weighted by Crippen LogP contribution is 2.28. The smallest absolute Gasteiger partial charge is 0.240 e. The third-order valence-electron chi connectivity index (χ3n) is 4.21. The summed E-state index contributed by atoms with van der Waals surface area (Å²) in [5.41, 5.74) is 1.96. The minimum Gasteiger partial charge on any atom is -0.493 e. The van der Waals surface area contributed by atoms with E-state index < -0.39 is 10.0 Å². The van der Waals surface area contributed by atoms with Crippen molar-refractivity contribution in [2.75, 3.05) is 13.2 Å². The van der Waals surface area contributed by atoms with E-state index in [-0.39, 0.29) is 17.5 Å². The lowest BCUT2D eigenvalue weighted by Gasteiger charge is -2.17. The zero-order valence-electron chi connectivity index (χ0n) is 13.3. The van der Waals surface area contributed by atoms with Crippen LogP contribution in [0.25, 0.3) is 0 Å². The van der Waals surface area contributed by atoms with E-state index in [1.807, 2.05) is 29.1 Å². The molecule has 0 aliphatic carbocycles. The number of aromatic nitrogens is 2. The number of benzene rings is 1. The molecule has 0 saturated carbocycles. The molecule has 0 radical (unpaired) electrons. The standard InChI is InChI=1S/C17H17N3O3S2/c21-25(22,15-2-3-17-13(10-15)4-8-23-17)19-11-16(14-5-9-24-12-14)20-7-1-6-18-20/h1-3,5-7,9-10,12,16,19H,4,8,11H2. The van der Waals surface area contributed by atoms with Crippen LogP contribution in [0.1, 0.15) is 17.2 Å². The zero-order chi connectivity index (χ0) is 17.3. The molecule has 8 heteroatoms. The van der Waals surface area contributed by atoms with Crippen LogP contribution in [0.5, 0.6) is 5.75 Å². The van der Waals surface area contributed by atoms with Gasteiger partial charge in [0, 0.05) is 25.4 Å². The van der Waals surface area contributed by atoms with Crippen LogP contribution in [-0.4, -0.2) is 31.3 Å². The number of hydrogen-bond acceptors (Lipinski definition) is 5. The molecule has 130 valence electrons. The molecule has 1 aliphatic heterocycles. The Hall–Kier alpha value is -2.16. The van der Waals surface area contributed by atoms with Gasteiger partial charge in [-0.2, -0.15) is 16.4 Å². The van der Waals surface area contributed by atoms with Crippen LogP contribution in [-0.2, 0) is 16.4 Å². The summed E-state index contributed by atoms with van der Waals surface area (Å²) in [6.45, 7) is 0.833. The van der Waals surface area contributed by atoms with Crippen LogP contribution in [0.2, 0.25) is 0 Å². The molecule has 2 aromatic heterocycles. The first kappa shape index (κ1) is 16.3. The molecule has 6 nitrogen and oxygen atoms in total. The van der Waals surface area contributed by atoms with Gasteiger partial charge in [-0.15, -0.1) is 0 Å². The molecular weight excluding hydrogens is 358 g/mol. The molecule has 1 aliphatic rings. The fraction of sp³-hybridized carbons (Fsp3) is 0.235. The summed E-state index contributed by atoms with van der Waals surface area (Å²) in [6.07, 6.45) is 4.27. The van der Waals surface area contributed by atoms with Crippen molar-refractivity contribution in [1.29, 1.82) is 0 Å². The number of ether oxygens (including phenoxy) is 1. The fourth-order valence-electron chi connectivity index (χ4n) is 2.90. The molecule has 1 N–H and O–H groups in total. The van der Waals surface area contributed by atoms with Gasteiger partial charge in [0.2, 0.25) is 10.0 Å². The summed E-state index contributed by atoms with van der Waals surface area (Å²) in [6, 6.07) is 8.62. The zero-order valence-corrected chi connectivity index (χ0v) is 15.0. The van der Waals surface area contributed by atoms with Crippen LogP contribution in [0.15, 0.2) is 58.4 Å². The average Bonchev–Trinajstić information content (AvgIpc) is 3.36. The van der Waals surface area contributed by atoms with E-state index in [0.717, 1.165) is 23.3 Å². The number of nitrogens with zero attached hydrogens (tertiary/aromatic N) is 2. The second-order valence-electron chi connectivity index (χ2n) is 5.78. The van der Waals surface area contributed by atoms with Crippen molar-refractivity contribution in [3.63, 3.8) is 0 Å². The number of hydrogen-bond donors (Lipinski definition) is 1. The molecule has 0 bridgehead atoms. The van der Waals surface area contributed by atoms with E-state index in [4.69, 9.17) is 4.74 Å². The van der Waals surface area contributed by atoms with E-state index in [0.29, 0.717) is 6.61 Å². The summed E-state index contributed by atoms with van der Waals surface area (Å²) in [5, 5.41) is 8.24. The van der Waals surface area contributed by atoms with Crippen molar-refractivity contribution in [3.05, 3.63) is 64.6 Å². The highest BCUT2D eigenvalue weighted by molar-refractivity contribution is 7.89. The van der Waals surface area contributed by atoms with E-state index in [9.17, 15) is 8.42 Å². The lowest BCUT2D eigenvalue weighted by molar-refractivity contribution is 0.356. The average molecular weight is 375 g/mol. The first-order chi connectivity index (χ1) is 12.1. The van der Waals surface area contributed by atoms with Gasteiger partial charge in [-0.3, -0.25) is 4.68 Å². The molecule has 0 saturated heterocycles. The fourth-order valence-corrected chi connectivity index (χ4v) is 4.69. The molecule has 25 heavy (non-hydrogen) atoms. The van der Waals surface area contributed by atoms with E-state index in [1.54, 1.807) is 40.4 Å². The molecule has 1 unspecified atom stereocenters. The third kappa shape index (κ3) is 3.33. The molecule has 3 aromatic rings. The van der Waals surface area contributed by atoms with Crippen molar-refractivity contribution in [2.24, 2.45) is 0 Å². The first-order valence-electron chi connectivity index (χ1n) is 7.90. The lowest BCUT2D eigenvalue weighted by Crippen LogP contribution is -2.31. The summed E-state index contributed by atoms with van der Waals surface area (Å²) in [5.74, 6) is 0.770. The van der Waals surface area contributed by atoms with Gasteiger partial charge in [-0.25, -0.2) is 13.1 Å². The van der Waals surface area contributed by atoms with Crippen molar-refractivity contribution in [2.45, 2.75) is 17.4 Å². The molecule has 1 atom stereocenters. The summed E-state index contributed by atoms with van der Waals surface area (Å²) in [7, 11) is -3.60. The Balaban J connectivity index is 1.56. The minimum atomic E-state index is -3.60. The molecular formula is C17H17N3O3S2. The number of thiophene rings is 1. The predicted octanol–water partition coefficient (Wildman–Crippen LogP) is 2.45. The van der Waals surface area contributed by atoms with Crippen LogP contribution >= 0.6 is 11.3 Å². The Morgan fingerprint density at radius 2 is 2.28 bits per heavy atom. The van der Waals surface area contributed by atoms with E-state index in [2.05, 4.69) is 9.82 Å². The van der Waals surface area contributed by atoms with Gasteiger partial charge in [-0.1, -0.05) is 0 Å². The summed E-state index contributed by atoms with van der Waals surface area (Å²) < 4.78 is 35.3. The van der Waals surface area contributed by atoms with Crippen molar-refractivity contribution in [1.82, 2.24) is 14.5 Å². The largest absolute Gasteiger partial charge is 0.493 e. The Morgan fingerprint density at radius 3 is 3.04 bits per heavy atom. The maximum atomic E-state index is 12.7. The van der Waals surface area contributed by atoms with Gasteiger partial charge in [0.05, 0.1) is 17.5 Å². The maximum Gasteiger partial charge on any atom is 0.240 e. The second kappa shape index (κ2) is 6.62. The topological polar surface area (TPSA) is 73.2 Å². The minimum absolute atomic E-state index is 0.186. The van der Waals surface area contributed by atoms with E-state index in [1.165, 1.54) is 0 Å². The van der Waals surface area contributed by atoms with Crippen molar-refractivity contribution >= 4 is 21.4 Å². The summed E-state index contributed by atoms with van der Waals surface area (Å²) in [4.78, 5) is 0.265. The molecule has 3 heterocycles. The second-order valence-corrected chi connectivity index (χ2v) is 8.33. The van der Waals surface area contributed by atoms with Crippen LogP contribution in [0.4, 0.5) is 0 Å². The van der Waals surface area contributed by atoms with Crippen molar-refractivity contribution < 1.29 is 13.2 Å². The molecule has 0 spiro atoms. The van der Waals surface area contributed by atoms with Gasteiger partial charge in [0.25, 0.3) is 0 Å². The van der Waals surface area contributed by atoms with E-state index >= 15 is 0 Å². The van der Waals surface area contributed by atoms with Crippen molar-refractivity contribution in [3.8, 4) is 5.75 Å². The van der Waals surface area contributed by atoms with Gasteiger partial charge in [-0.05, 0) is 52.2 Å². The highest BCUT2D eigenvalue weighted by atomic mass is 32.2. The summed E-state index contributed by atoms with van der Waals surface area (Å²) >= 11 is 1.58. The Kier molecular flexibility index (Phi) is 4.32. The number of sulfonamides is 1. The van der Waals surface area contributed by atoms with Gasteiger partial charge < -0.3 is 4.74 Å². The van der Waals surface area contributed by atoms with Crippen LogP contribution in [0, 0.1) is 0 Å². The molecule has 4 rings (SSSR count). The number of fused-ring (bicyclic) bond motifs is 1. The van der Waals surface area contributed by atoms with Crippen LogP contribution in [0.3, 0.4) is 0 Å². The number of rotatable bonds is 6. The maximum absolute atomic E-state index is 12.7. The predicted molar refractivity (Wildman–Crippen MR) is 95.5 cm³/mol. The molecule has 1 aromatic carbocycles. The SMILES string of the molecule is O=S(=O)(NCC(c1ccsc1)n1cccn1)c1ccc2c(c1)CCO2. The quantitative estimate of drug-likeness (QED) is 0.718. The first-order valence-corrected chi connectivity index (χ1v) is 10.3.